The number of amides is 2. The predicted molar refractivity (Wildman–Crippen MR) is 114 cm³/mol. The molecule has 1 aliphatic rings. The Morgan fingerprint density at radius 3 is 2.21 bits per heavy atom. The lowest BCUT2D eigenvalue weighted by atomic mass is 9.94. The molecule has 0 aliphatic carbocycles. The number of anilines is 3. The van der Waals surface area contributed by atoms with Crippen LogP contribution in [0.25, 0.3) is 0 Å². The third-order valence-corrected chi connectivity index (χ3v) is 6.00. The van der Waals surface area contributed by atoms with Gasteiger partial charge in [-0.3, -0.25) is 14.3 Å². The minimum absolute atomic E-state index is 0.0452. The molecule has 0 saturated carbocycles. The number of rotatable bonds is 4. The Hall–Kier alpha value is -2.87. The highest BCUT2D eigenvalue weighted by molar-refractivity contribution is 7.92. The van der Waals surface area contributed by atoms with Gasteiger partial charge in [0.1, 0.15) is 0 Å². The molecule has 2 aromatic carbocycles. The average Bonchev–Trinajstić information content (AvgIpc) is 3.02. The standard InChI is InChI=1S/C21H25N3O4S/c1-14(25)22-16-5-8-18(9-6-16)29(27,28)23-17-7-10-19-15(13-17)11-12-24(19)20(26)21(2,3)4/h5-10,13,23H,11-12H2,1-4H3,(H,22,25). The molecule has 0 fully saturated rings. The van der Waals surface area contributed by atoms with Gasteiger partial charge in [0.15, 0.2) is 0 Å². The van der Waals surface area contributed by atoms with Crippen LogP contribution in [0.2, 0.25) is 0 Å². The SMILES string of the molecule is CC(=O)Nc1ccc(S(=O)(=O)Nc2ccc3c(c2)CCN3C(=O)C(C)(C)C)cc1. The Labute approximate surface area is 171 Å². The lowest BCUT2D eigenvalue weighted by Crippen LogP contribution is -2.38. The summed E-state index contributed by atoms with van der Waals surface area (Å²) in [7, 11) is -3.77. The highest BCUT2D eigenvalue weighted by Gasteiger charge is 2.32. The molecule has 0 saturated heterocycles. The van der Waals surface area contributed by atoms with Gasteiger partial charge in [-0.25, -0.2) is 8.42 Å². The summed E-state index contributed by atoms with van der Waals surface area (Å²) >= 11 is 0. The number of fused-ring (bicyclic) bond motifs is 1. The molecule has 0 radical (unpaired) electrons. The van der Waals surface area contributed by atoms with E-state index in [0.29, 0.717) is 24.3 Å². The van der Waals surface area contributed by atoms with Crippen LogP contribution in [0.15, 0.2) is 47.4 Å². The number of nitrogens with one attached hydrogen (secondary N) is 2. The Morgan fingerprint density at radius 2 is 1.62 bits per heavy atom. The van der Waals surface area contributed by atoms with Gasteiger partial charge in [-0.15, -0.1) is 0 Å². The van der Waals surface area contributed by atoms with Crippen molar-refractivity contribution in [3.8, 4) is 0 Å². The predicted octanol–water partition coefficient (Wildman–Crippen LogP) is 3.38. The first-order valence-electron chi connectivity index (χ1n) is 9.33. The van der Waals surface area contributed by atoms with Crippen molar-refractivity contribution >= 4 is 38.9 Å². The molecule has 0 spiro atoms. The van der Waals surface area contributed by atoms with Gasteiger partial charge in [0, 0.05) is 35.9 Å². The lowest BCUT2D eigenvalue weighted by molar-refractivity contribution is -0.125. The molecule has 0 atom stereocenters. The van der Waals surface area contributed by atoms with Gasteiger partial charge >= 0.3 is 0 Å². The van der Waals surface area contributed by atoms with E-state index in [-0.39, 0.29) is 16.7 Å². The molecular weight excluding hydrogens is 390 g/mol. The zero-order valence-corrected chi connectivity index (χ0v) is 17.8. The summed E-state index contributed by atoms with van der Waals surface area (Å²) in [6.45, 7) is 7.62. The summed E-state index contributed by atoms with van der Waals surface area (Å²) in [4.78, 5) is 25.5. The van der Waals surface area contributed by atoms with Crippen molar-refractivity contribution < 1.29 is 18.0 Å². The molecule has 154 valence electrons. The van der Waals surface area contributed by atoms with E-state index in [1.165, 1.54) is 31.2 Å². The number of carbonyl (C=O) groups excluding carboxylic acids is 2. The average molecular weight is 416 g/mol. The van der Waals surface area contributed by atoms with Crippen molar-refractivity contribution in [1.29, 1.82) is 0 Å². The summed E-state index contributed by atoms with van der Waals surface area (Å²) in [5.74, 6) is -0.181. The van der Waals surface area contributed by atoms with Crippen LogP contribution in [0.1, 0.15) is 33.3 Å². The third kappa shape index (κ3) is 4.59. The normalized spacial score (nSPS) is 13.7. The van der Waals surface area contributed by atoms with Gasteiger partial charge in [-0.2, -0.15) is 0 Å². The number of benzene rings is 2. The Morgan fingerprint density at radius 1 is 1.00 bits per heavy atom. The van der Waals surface area contributed by atoms with Crippen LogP contribution in [0.5, 0.6) is 0 Å². The van der Waals surface area contributed by atoms with Crippen molar-refractivity contribution in [2.75, 3.05) is 21.5 Å². The molecule has 0 aromatic heterocycles. The molecule has 3 rings (SSSR count). The van der Waals surface area contributed by atoms with Crippen LogP contribution in [0.4, 0.5) is 17.1 Å². The summed E-state index contributed by atoms with van der Waals surface area (Å²) in [5, 5.41) is 2.60. The van der Waals surface area contributed by atoms with E-state index in [1.54, 1.807) is 23.1 Å². The molecular formula is C21H25N3O4S. The Kier molecular flexibility index (Phi) is 5.40. The molecule has 2 amide bonds. The van der Waals surface area contributed by atoms with Crippen LogP contribution >= 0.6 is 0 Å². The monoisotopic (exact) mass is 415 g/mol. The first-order valence-corrected chi connectivity index (χ1v) is 10.8. The number of sulfonamides is 1. The van der Waals surface area contributed by atoms with E-state index in [4.69, 9.17) is 0 Å². The van der Waals surface area contributed by atoms with Crippen LogP contribution in [0.3, 0.4) is 0 Å². The molecule has 7 nitrogen and oxygen atoms in total. The van der Waals surface area contributed by atoms with Gasteiger partial charge in [-0.1, -0.05) is 20.8 Å². The fourth-order valence-corrected chi connectivity index (χ4v) is 4.27. The minimum Gasteiger partial charge on any atom is -0.326 e. The Balaban J connectivity index is 1.79. The third-order valence-electron chi connectivity index (χ3n) is 4.60. The smallest absolute Gasteiger partial charge is 0.261 e. The van der Waals surface area contributed by atoms with Crippen LogP contribution < -0.4 is 14.9 Å². The van der Waals surface area contributed by atoms with Gasteiger partial charge in [0.05, 0.1) is 4.90 Å². The van der Waals surface area contributed by atoms with Crippen molar-refractivity contribution in [2.45, 2.75) is 39.0 Å². The zero-order valence-electron chi connectivity index (χ0n) is 16.9. The number of hydrogen-bond acceptors (Lipinski definition) is 4. The highest BCUT2D eigenvalue weighted by Crippen LogP contribution is 2.34. The molecule has 29 heavy (non-hydrogen) atoms. The minimum atomic E-state index is -3.77. The maximum atomic E-state index is 12.7. The fourth-order valence-electron chi connectivity index (χ4n) is 3.22. The largest absolute Gasteiger partial charge is 0.326 e. The van der Waals surface area contributed by atoms with Gasteiger partial charge in [-0.05, 0) is 54.4 Å². The van der Waals surface area contributed by atoms with E-state index < -0.39 is 15.4 Å². The Bertz CT molecular complexity index is 1050. The summed E-state index contributed by atoms with van der Waals surface area (Å²) in [6.07, 6.45) is 0.679. The molecule has 2 N–H and O–H groups in total. The second-order valence-corrected chi connectivity index (χ2v) is 9.79. The maximum Gasteiger partial charge on any atom is 0.261 e. The zero-order chi connectivity index (χ0) is 21.4. The summed E-state index contributed by atoms with van der Waals surface area (Å²) < 4.78 is 27.9. The first kappa shape index (κ1) is 20.9. The fraction of sp³-hybridized carbons (Fsp3) is 0.333. The molecule has 8 heteroatoms. The number of hydrogen-bond donors (Lipinski definition) is 2. The molecule has 2 aromatic rings. The summed E-state index contributed by atoms with van der Waals surface area (Å²) in [6, 6.07) is 11.2. The molecule has 0 unspecified atom stereocenters. The van der Waals surface area contributed by atoms with E-state index in [9.17, 15) is 18.0 Å². The van der Waals surface area contributed by atoms with Crippen molar-refractivity contribution in [3.05, 3.63) is 48.0 Å². The summed E-state index contributed by atoms with van der Waals surface area (Å²) in [5.41, 5.74) is 2.25. The van der Waals surface area contributed by atoms with E-state index in [1.807, 2.05) is 20.8 Å². The highest BCUT2D eigenvalue weighted by atomic mass is 32.2. The second-order valence-electron chi connectivity index (χ2n) is 8.11. The quantitative estimate of drug-likeness (QED) is 0.800. The van der Waals surface area contributed by atoms with Crippen molar-refractivity contribution in [2.24, 2.45) is 5.41 Å². The van der Waals surface area contributed by atoms with Crippen molar-refractivity contribution in [3.63, 3.8) is 0 Å². The van der Waals surface area contributed by atoms with E-state index in [0.717, 1.165) is 11.3 Å². The van der Waals surface area contributed by atoms with E-state index >= 15 is 0 Å². The van der Waals surface area contributed by atoms with E-state index in [2.05, 4.69) is 10.0 Å². The molecule has 1 heterocycles. The lowest BCUT2D eigenvalue weighted by Gasteiger charge is -2.26. The first-order chi connectivity index (χ1) is 13.5. The number of nitrogens with zero attached hydrogens (tertiary/aromatic N) is 1. The molecule has 1 aliphatic heterocycles. The van der Waals surface area contributed by atoms with Crippen LogP contribution in [-0.2, 0) is 26.0 Å². The van der Waals surface area contributed by atoms with Gasteiger partial charge in [0.2, 0.25) is 11.8 Å². The van der Waals surface area contributed by atoms with Crippen LogP contribution in [-0.4, -0.2) is 26.8 Å². The van der Waals surface area contributed by atoms with Gasteiger partial charge < -0.3 is 10.2 Å². The molecule has 0 bridgehead atoms. The topological polar surface area (TPSA) is 95.6 Å². The van der Waals surface area contributed by atoms with Crippen LogP contribution in [0, 0.1) is 5.41 Å². The van der Waals surface area contributed by atoms with Gasteiger partial charge in [0.25, 0.3) is 10.0 Å². The second kappa shape index (κ2) is 7.51. The maximum absolute atomic E-state index is 12.7. The number of carbonyl (C=O) groups is 2. The van der Waals surface area contributed by atoms with Crippen molar-refractivity contribution in [1.82, 2.24) is 0 Å².